The number of thioether (sulfide) groups is 2. The van der Waals surface area contributed by atoms with Crippen LogP contribution in [0.3, 0.4) is 0 Å². The van der Waals surface area contributed by atoms with Gasteiger partial charge < -0.3 is 26.3 Å². The molecule has 6 atom stereocenters. The zero-order valence-electron chi connectivity index (χ0n) is 31.5. The summed E-state index contributed by atoms with van der Waals surface area (Å²) >= 11 is 14.0. The first-order chi connectivity index (χ1) is 26.8. The van der Waals surface area contributed by atoms with Crippen molar-refractivity contribution < 1.29 is 34.9 Å². The Bertz CT molecular complexity index is 1830. The van der Waals surface area contributed by atoms with Gasteiger partial charge in [-0.25, -0.2) is 0 Å². The zero-order chi connectivity index (χ0) is 40.2. The van der Waals surface area contributed by atoms with E-state index in [-0.39, 0.29) is 50.4 Å². The third kappa shape index (κ3) is 14.8. The monoisotopic (exact) mass is 854 g/mol. The summed E-state index contributed by atoms with van der Waals surface area (Å²) in [7, 11) is 0. The molecule has 2 heterocycles. The lowest BCUT2D eigenvalue weighted by Crippen LogP contribution is -2.32. The van der Waals surface area contributed by atoms with E-state index in [4.69, 9.17) is 23.2 Å². The molecule has 4 aromatic carbocycles. The second-order valence-electron chi connectivity index (χ2n) is 14.0. The highest BCUT2D eigenvalue weighted by Gasteiger charge is 2.32. The summed E-state index contributed by atoms with van der Waals surface area (Å²) in [6.45, 7) is 5.04. The minimum Gasteiger partial charge on any atom is -0.412 e. The molecule has 2 saturated heterocycles. The van der Waals surface area contributed by atoms with Crippen LogP contribution in [0.1, 0.15) is 59.4 Å². The van der Waals surface area contributed by atoms with Crippen LogP contribution in [0.25, 0.3) is 0 Å². The SMILES string of the molecule is CC(Cc1ccc(CC2SC(=O)NC2=O)cc1)NCC(O)c1cccc(Cl)c1.CC(Cc1ccc(CC2SC(=O)NC2=O)cc1)NCC(O)c1cccc(Cl)c1.O. The number of imide groups is 2. The Balaban J connectivity index is 0.000000248. The Morgan fingerprint density at radius 1 is 0.596 bits per heavy atom. The minimum atomic E-state index is -0.610. The van der Waals surface area contributed by atoms with Gasteiger partial charge in [-0.15, -0.1) is 0 Å². The number of halogens is 2. The molecule has 0 radical (unpaired) electrons. The quantitative estimate of drug-likeness (QED) is 0.0763. The molecule has 4 aromatic rings. The molecule has 4 amide bonds. The van der Waals surface area contributed by atoms with E-state index in [1.165, 1.54) is 11.1 Å². The van der Waals surface area contributed by atoms with Crippen LogP contribution >= 0.6 is 46.7 Å². The first kappa shape index (κ1) is 45.9. The average Bonchev–Trinajstić information content (AvgIpc) is 3.67. The third-order valence-electron chi connectivity index (χ3n) is 9.29. The topological polar surface area (TPSA) is 188 Å². The maximum atomic E-state index is 11.7. The lowest BCUT2D eigenvalue weighted by molar-refractivity contribution is -0.119. The summed E-state index contributed by atoms with van der Waals surface area (Å²) in [4.78, 5) is 45.8. The maximum Gasteiger partial charge on any atom is 0.286 e. The Labute approximate surface area is 351 Å². The molecule has 57 heavy (non-hydrogen) atoms. The van der Waals surface area contributed by atoms with Crippen LogP contribution in [-0.2, 0) is 35.3 Å². The molecule has 8 N–H and O–H groups in total. The fourth-order valence-corrected chi connectivity index (χ4v) is 8.36. The second-order valence-corrected chi connectivity index (χ2v) is 17.2. The van der Waals surface area contributed by atoms with Gasteiger partial charge in [0.15, 0.2) is 0 Å². The van der Waals surface area contributed by atoms with Crippen molar-refractivity contribution in [3.63, 3.8) is 0 Å². The van der Waals surface area contributed by atoms with Crippen molar-refractivity contribution in [1.82, 2.24) is 21.3 Å². The predicted molar refractivity (Wildman–Crippen MR) is 229 cm³/mol. The molecule has 0 aliphatic carbocycles. The second kappa shape index (κ2) is 22.4. The van der Waals surface area contributed by atoms with Crippen molar-refractivity contribution in [2.24, 2.45) is 0 Å². The largest absolute Gasteiger partial charge is 0.412 e. The molecule has 0 spiro atoms. The number of hydrogen-bond donors (Lipinski definition) is 6. The molecule has 304 valence electrons. The molecular formula is C42H48Cl2N4O7S2. The smallest absolute Gasteiger partial charge is 0.286 e. The van der Waals surface area contributed by atoms with Gasteiger partial charge >= 0.3 is 0 Å². The van der Waals surface area contributed by atoms with Crippen LogP contribution < -0.4 is 21.3 Å². The van der Waals surface area contributed by atoms with Crippen molar-refractivity contribution in [3.05, 3.63) is 140 Å². The standard InChI is InChI=1S/2C21H23ClN2O3S.H2O/c2*1-13(23-12-18(25)16-3-2-4-17(22)11-16)9-14-5-7-15(8-6-14)10-19-20(26)24-21(27)28-19;/h2*2-8,11,13,18-19,23,25H,9-10,12H2,1H3,(H,24,26,27);1H2. The van der Waals surface area contributed by atoms with Crippen molar-refractivity contribution in [2.75, 3.05) is 13.1 Å². The van der Waals surface area contributed by atoms with Gasteiger partial charge in [0.1, 0.15) is 0 Å². The number of hydrogen-bond acceptors (Lipinski definition) is 10. The highest BCUT2D eigenvalue weighted by atomic mass is 35.5. The Morgan fingerprint density at radius 2 is 0.947 bits per heavy atom. The molecule has 6 unspecified atom stereocenters. The summed E-state index contributed by atoms with van der Waals surface area (Å²) in [6, 6.07) is 31.0. The zero-order valence-corrected chi connectivity index (χ0v) is 34.7. The van der Waals surface area contributed by atoms with E-state index in [0.717, 1.165) is 58.6 Å². The van der Waals surface area contributed by atoms with Crippen LogP contribution in [-0.4, -0.2) is 73.7 Å². The van der Waals surface area contributed by atoms with Crippen LogP contribution in [0, 0.1) is 0 Å². The van der Waals surface area contributed by atoms with E-state index >= 15 is 0 Å². The third-order valence-corrected chi connectivity index (χ3v) is 11.7. The summed E-state index contributed by atoms with van der Waals surface area (Å²) in [6.07, 6.45) is 1.51. The molecule has 2 aliphatic heterocycles. The number of aliphatic hydroxyl groups is 2. The van der Waals surface area contributed by atoms with Crippen molar-refractivity contribution in [3.8, 4) is 0 Å². The molecular weight excluding hydrogens is 808 g/mol. The highest BCUT2D eigenvalue weighted by molar-refractivity contribution is 8.15. The maximum absolute atomic E-state index is 11.7. The Hall–Kier alpha value is -3.76. The van der Waals surface area contributed by atoms with Crippen LogP contribution in [0.15, 0.2) is 97.1 Å². The number of aliphatic hydroxyl groups excluding tert-OH is 2. The average molecular weight is 856 g/mol. The first-order valence-corrected chi connectivity index (χ1v) is 20.8. The molecule has 0 bridgehead atoms. The molecule has 0 aromatic heterocycles. The molecule has 15 heteroatoms. The van der Waals surface area contributed by atoms with Gasteiger partial charge in [-0.2, -0.15) is 0 Å². The first-order valence-electron chi connectivity index (χ1n) is 18.3. The Morgan fingerprint density at radius 3 is 1.26 bits per heavy atom. The molecule has 11 nitrogen and oxygen atoms in total. The van der Waals surface area contributed by atoms with Crippen LogP contribution in [0.2, 0.25) is 10.0 Å². The summed E-state index contributed by atoms with van der Waals surface area (Å²) in [5.74, 6) is -0.426. The molecule has 2 aliphatic rings. The number of rotatable bonds is 16. The minimum absolute atomic E-state index is 0. The number of carbonyl (C=O) groups is 4. The molecule has 6 rings (SSSR count). The van der Waals surface area contributed by atoms with E-state index in [2.05, 4.69) is 35.1 Å². The molecule has 2 fully saturated rings. The summed E-state index contributed by atoms with van der Waals surface area (Å²) in [5, 5.41) is 31.9. The summed E-state index contributed by atoms with van der Waals surface area (Å²) in [5.41, 5.74) is 5.99. The Kier molecular flexibility index (Phi) is 18.1. The molecule has 0 saturated carbocycles. The number of benzene rings is 4. The number of carbonyl (C=O) groups excluding carboxylic acids is 4. The van der Waals surface area contributed by atoms with Crippen molar-refractivity contribution in [1.29, 1.82) is 0 Å². The van der Waals surface area contributed by atoms with E-state index in [1.807, 2.05) is 72.8 Å². The van der Waals surface area contributed by atoms with Gasteiger partial charge in [-0.3, -0.25) is 29.8 Å². The lowest BCUT2D eigenvalue weighted by Gasteiger charge is -2.18. The van der Waals surface area contributed by atoms with Gasteiger partial charge in [0.25, 0.3) is 10.5 Å². The highest BCUT2D eigenvalue weighted by Crippen LogP contribution is 2.25. The summed E-state index contributed by atoms with van der Waals surface area (Å²) < 4.78 is 0. The van der Waals surface area contributed by atoms with Gasteiger partial charge in [-0.1, -0.05) is 120 Å². The van der Waals surface area contributed by atoms with E-state index < -0.39 is 12.2 Å². The fraction of sp³-hybridized carbons (Fsp3) is 0.333. The van der Waals surface area contributed by atoms with Gasteiger partial charge in [-0.05, 0) is 97.2 Å². The normalized spacial score (nSPS) is 18.4. The van der Waals surface area contributed by atoms with E-state index in [0.29, 0.717) is 36.0 Å². The van der Waals surface area contributed by atoms with Gasteiger partial charge in [0.05, 0.1) is 22.7 Å². The van der Waals surface area contributed by atoms with Crippen molar-refractivity contribution in [2.45, 2.75) is 74.3 Å². The van der Waals surface area contributed by atoms with Gasteiger partial charge in [0.2, 0.25) is 11.8 Å². The van der Waals surface area contributed by atoms with Crippen LogP contribution in [0.4, 0.5) is 9.59 Å². The van der Waals surface area contributed by atoms with E-state index in [9.17, 15) is 29.4 Å². The predicted octanol–water partition coefficient (Wildman–Crippen LogP) is 6.15. The number of amides is 4. The number of nitrogens with one attached hydrogen (secondary N) is 4. The van der Waals surface area contributed by atoms with E-state index in [1.54, 1.807) is 24.3 Å². The fourth-order valence-electron chi connectivity index (χ4n) is 6.25. The van der Waals surface area contributed by atoms with Crippen molar-refractivity contribution >= 4 is 69.0 Å². The lowest BCUT2D eigenvalue weighted by atomic mass is 10.0. The van der Waals surface area contributed by atoms with Gasteiger partial charge in [0, 0.05) is 35.2 Å². The van der Waals surface area contributed by atoms with Crippen LogP contribution in [0.5, 0.6) is 0 Å².